The molecule has 1 saturated heterocycles. The SMILES string of the molecule is COC1(CN(C)c2cccc(C(F)(F)C(=O)O)n2)CCOC1. The molecule has 8 heteroatoms. The van der Waals surface area contributed by atoms with Gasteiger partial charge in [0.05, 0.1) is 13.2 Å². The number of carboxylic acid groups (broad SMARTS) is 1. The first-order valence-corrected chi connectivity index (χ1v) is 6.73. The predicted molar refractivity (Wildman–Crippen MR) is 74.2 cm³/mol. The maximum absolute atomic E-state index is 13.5. The minimum absolute atomic E-state index is 0.252. The van der Waals surface area contributed by atoms with Crippen LogP contribution in [0.1, 0.15) is 12.1 Å². The summed E-state index contributed by atoms with van der Waals surface area (Å²) in [5.74, 6) is -5.99. The van der Waals surface area contributed by atoms with Crippen LogP contribution in [-0.4, -0.2) is 55.6 Å². The quantitative estimate of drug-likeness (QED) is 0.857. The molecule has 2 heterocycles. The van der Waals surface area contributed by atoms with Crippen molar-refractivity contribution in [1.82, 2.24) is 4.98 Å². The molecule has 0 radical (unpaired) electrons. The van der Waals surface area contributed by atoms with E-state index < -0.39 is 23.2 Å². The van der Waals surface area contributed by atoms with Crippen molar-refractivity contribution in [1.29, 1.82) is 0 Å². The third-order valence-electron chi connectivity index (χ3n) is 3.74. The summed E-state index contributed by atoms with van der Waals surface area (Å²) in [6, 6.07) is 3.90. The van der Waals surface area contributed by atoms with Crippen LogP contribution >= 0.6 is 0 Å². The highest BCUT2D eigenvalue weighted by atomic mass is 19.3. The molecule has 1 aromatic heterocycles. The van der Waals surface area contributed by atoms with Crippen molar-refractivity contribution in [3.05, 3.63) is 23.9 Å². The van der Waals surface area contributed by atoms with Crippen molar-refractivity contribution in [2.24, 2.45) is 0 Å². The molecule has 1 unspecified atom stereocenters. The van der Waals surface area contributed by atoms with E-state index in [2.05, 4.69) is 4.98 Å². The molecule has 0 aliphatic carbocycles. The Morgan fingerprint density at radius 3 is 2.86 bits per heavy atom. The van der Waals surface area contributed by atoms with Crippen molar-refractivity contribution in [3.63, 3.8) is 0 Å². The molecule has 22 heavy (non-hydrogen) atoms. The van der Waals surface area contributed by atoms with Gasteiger partial charge in [-0.3, -0.25) is 0 Å². The zero-order chi connectivity index (χ0) is 16.4. The first-order chi connectivity index (χ1) is 10.3. The summed E-state index contributed by atoms with van der Waals surface area (Å²) in [7, 11) is 3.26. The Morgan fingerprint density at radius 1 is 1.59 bits per heavy atom. The monoisotopic (exact) mass is 316 g/mol. The second-order valence-corrected chi connectivity index (χ2v) is 5.31. The summed E-state index contributed by atoms with van der Waals surface area (Å²) in [5, 5.41) is 8.59. The predicted octanol–water partition coefficient (Wildman–Crippen LogP) is 1.50. The lowest BCUT2D eigenvalue weighted by Crippen LogP contribution is -2.44. The van der Waals surface area contributed by atoms with Crippen LogP contribution in [0.4, 0.5) is 14.6 Å². The fourth-order valence-corrected chi connectivity index (χ4v) is 2.37. The number of aliphatic carboxylic acids is 1. The van der Waals surface area contributed by atoms with Crippen LogP contribution in [0.15, 0.2) is 18.2 Å². The summed E-state index contributed by atoms with van der Waals surface area (Å²) in [6.45, 7) is 1.39. The molecule has 1 fully saturated rings. The van der Waals surface area contributed by atoms with Crippen molar-refractivity contribution < 1.29 is 28.2 Å². The summed E-state index contributed by atoms with van der Waals surface area (Å²) in [6.07, 6.45) is 0.693. The van der Waals surface area contributed by atoms with Crippen molar-refractivity contribution in [3.8, 4) is 0 Å². The number of methoxy groups -OCH3 is 1. The number of pyridine rings is 1. The zero-order valence-electron chi connectivity index (χ0n) is 12.4. The minimum atomic E-state index is -4.02. The van der Waals surface area contributed by atoms with Crippen LogP contribution in [0.3, 0.4) is 0 Å². The standard InChI is InChI=1S/C14H18F2N2O4/c1-18(8-13(21-2)6-7-22-9-13)11-5-3-4-10(17-11)14(15,16)12(19)20/h3-5H,6-9H2,1-2H3,(H,19,20). The van der Waals surface area contributed by atoms with Gasteiger partial charge >= 0.3 is 11.9 Å². The van der Waals surface area contributed by atoms with Gasteiger partial charge < -0.3 is 19.5 Å². The molecule has 0 spiro atoms. The molecule has 1 N–H and O–H groups in total. The Kier molecular flexibility index (Phi) is 4.62. The summed E-state index contributed by atoms with van der Waals surface area (Å²) < 4.78 is 37.9. The third-order valence-corrected chi connectivity index (χ3v) is 3.74. The van der Waals surface area contributed by atoms with Gasteiger partial charge in [0.25, 0.3) is 0 Å². The number of likely N-dealkylation sites (N-methyl/N-ethyl adjacent to an activating group) is 1. The number of nitrogens with zero attached hydrogens (tertiary/aromatic N) is 2. The number of hydrogen-bond acceptors (Lipinski definition) is 5. The molecule has 6 nitrogen and oxygen atoms in total. The third kappa shape index (κ3) is 3.17. The van der Waals surface area contributed by atoms with E-state index in [1.54, 1.807) is 25.1 Å². The first-order valence-electron chi connectivity index (χ1n) is 6.73. The molecular weight excluding hydrogens is 298 g/mol. The van der Waals surface area contributed by atoms with E-state index >= 15 is 0 Å². The Hall–Kier alpha value is -1.80. The van der Waals surface area contributed by atoms with Crippen molar-refractivity contribution in [2.45, 2.75) is 17.9 Å². The highest BCUT2D eigenvalue weighted by Crippen LogP contribution is 2.29. The van der Waals surface area contributed by atoms with Gasteiger partial charge in [-0.05, 0) is 12.1 Å². The van der Waals surface area contributed by atoms with Gasteiger partial charge in [0.1, 0.15) is 17.1 Å². The van der Waals surface area contributed by atoms with E-state index in [4.69, 9.17) is 14.6 Å². The number of alkyl halides is 2. The Labute approximate surface area is 126 Å². The number of carboxylic acids is 1. The highest BCUT2D eigenvalue weighted by Gasteiger charge is 2.43. The fraction of sp³-hybridized carbons (Fsp3) is 0.571. The molecule has 0 bridgehead atoms. The number of carbonyl (C=O) groups is 1. The number of rotatable bonds is 6. The van der Waals surface area contributed by atoms with E-state index in [1.165, 1.54) is 6.07 Å². The average Bonchev–Trinajstić information content (AvgIpc) is 2.96. The van der Waals surface area contributed by atoms with Crippen molar-refractivity contribution in [2.75, 3.05) is 38.8 Å². The summed E-state index contributed by atoms with van der Waals surface area (Å²) >= 11 is 0. The van der Waals surface area contributed by atoms with Gasteiger partial charge in [0.2, 0.25) is 0 Å². The molecule has 122 valence electrons. The second-order valence-electron chi connectivity index (χ2n) is 5.31. The Morgan fingerprint density at radius 2 is 2.32 bits per heavy atom. The molecule has 1 aromatic rings. The van der Waals surface area contributed by atoms with Gasteiger partial charge in [0.15, 0.2) is 0 Å². The number of aromatic nitrogens is 1. The van der Waals surface area contributed by atoms with Crippen LogP contribution in [0.5, 0.6) is 0 Å². The minimum Gasteiger partial charge on any atom is -0.476 e. The van der Waals surface area contributed by atoms with Crippen LogP contribution < -0.4 is 4.90 Å². The van der Waals surface area contributed by atoms with Crippen LogP contribution in [0, 0.1) is 0 Å². The number of ether oxygens (including phenoxy) is 2. The Bertz CT molecular complexity index is 547. The summed E-state index contributed by atoms with van der Waals surface area (Å²) in [5.41, 5.74) is -1.31. The molecule has 1 atom stereocenters. The molecule has 1 aliphatic heterocycles. The van der Waals surface area contributed by atoms with E-state index in [0.717, 1.165) is 6.07 Å². The average molecular weight is 316 g/mol. The van der Waals surface area contributed by atoms with Gasteiger partial charge in [-0.1, -0.05) is 6.07 Å². The van der Waals surface area contributed by atoms with Crippen molar-refractivity contribution >= 4 is 11.8 Å². The lowest BCUT2D eigenvalue weighted by molar-refractivity contribution is -0.166. The summed E-state index contributed by atoms with van der Waals surface area (Å²) in [4.78, 5) is 16.1. The van der Waals surface area contributed by atoms with Gasteiger partial charge in [-0.25, -0.2) is 9.78 Å². The van der Waals surface area contributed by atoms with Gasteiger partial charge in [-0.2, -0.15) is 8.78 Å². The Balaban J connectivity index is 2.20. The number of anilines is 1. The maximum atomic E-state index is 13.5. The smallest absolute Gasteiger partial charge is 0.384 e. The molecule has 2 rings (SSSR count). The van der Waals surface area contributed by atoms with E-state index in [-0.39, 0.29) is 5.82 Å². The maximum Gasteiger partial charge on any atom is 0.384 e. The van der Waals surface area contributed by atoms with Crippen LogP contribution in [0.2, 0.25) is 0 Å². The van der Waals surface area contributed by atoms with Gasteiger partial charge in [0, 0.05) is 27.2 Å². The van der Waals surface area contributed by atoms with Crippen LogP contribution in [0.25, 0.3) is 0 Å². The molecule has 0 aromatic carbocycles. The lowest BCUT2D eigenvalue weighted by atomic mass is 10.0. The molecule has 1 aliphatic rings. The zero-order valence-corrected chi connectivity index (χ0v) is 12.4. The first kappa shape index (κ1) is 16.6. The number of halogens is 2. The topological polar surface area (TPSA) is 71.9 Å². The fourth-order valence-electron chi connectivity index (χ4n) is 2.37. The highest BCUT2D eigenvalue weighted by molar-refractivity contribution is 5.76. The largest absolute Gasteiger partial charge is 0.476 e. The molecular formula is C14H18F2N2O4. The molecule has 0 saturated carbocycles. The number of hydrogen-bond donors (Lipinski definition) is 1. The van der Waals surface area contributed by atoms with E-state index in [1.807, 2.05) is 0 Å². The van der Waals surface area contributed by atoms with E-state index in [9.17, 15) is 13.6 Å². The van der Waals surface area contributed by atoms with Crippen LogP contribution in [-0.2, 0) is 20.2 Å². The molecule has 0 amide bonds. The van der Waals surface area contributed by atoms with Gasteiger partial charge in [-0.15, -0.1) is 0 Å². The normalized spacial score (nSPS) is 21.8. The lowest BCUT2D eigenvalue weighted by Gasteiger charge is -2.31. The van der Waals surface area contributed by atoms with E-state index in [0.29, 0.717) is 26.2 Å². The second kappa shape index (κ2) is 6.13.